The van der Waals surface area contributed by atoms with E-state index in [1.807, 2.05) is 6.92 Å². The van der Waals surface area contributed by atoms with Gasteiger partial charge < -0.3 is 5.32 Å². The third-order valence-corrected chi connectivity index (χ3v) is 5.20. The van der Waals surface area contributed by atoms with Gasteiger partial charge in [-0.1, -0.05) is 61.5 Å². The highest BCUT2D eigenvalue weighted by molar-refractivity contribution is 9.09. The largest absolute Gasteiger partial charge is 0.433 e. The fraction of sp³-hybridized carbons (Fsp3) is 0.269. The van der Waals surface area contributed by atoms with Crippen molar-refractivity contribution in [3.8, 4) is 11.3 Å². The molecule has 5 nitrogen and oxygen atoms in total. The highest BCUT2D eigenvalue weighted by atomic mass is 79.9. The van der Waals surface area contributed by atoms with Crippen LogP contribution in [0, 0.1) is 5.92 Å². The van der Waals surface area contributed by atoms with Crippen molar-refractivity contribution in [2.45, 2.75) is 33.4 Å². The maximum atomic E-state index is 13.9. The number of nitrogens with one attached hydrogen (secondary N) is 1. The molecule has 0 saturated carbocycles. The van der Waals surface area contributed by atoms with Crippen molar-refractivity contribution in [3.63, 3.8) is 0 Å². The lowest BCUT2D eigenvalue weighted by atomic mass is 10.1. The molecule has 2 rings (SSSR count). The Morgan fingerprint density at radius 3 is 2.60 bits per heavy atom. The van der Waals surface area contributed by atoms with Crippen LogP contribution in [-0.4, -0.2) is 26.0 Å². The molecule has 9 heteroatoms. The van der Waals surface area contributed by atoms with Gasteiger partial charge in [0.05, 0.1) is 5.69 Å². The van der Waals surface area contributed by atoms with Crippen molar-refractivity contribution >= 4 is 27.5 Å². The Morgan fingerprint density at radius 2 is 2.06 bits per heavy atom. The average Bonchev–Trinajstić information content (AvgIpc) is 3.27. The van der Waals surface area contributed by atoms with Gasteiger partial charge >= 0.3 is 6.18 Å². The number of rotatable bonds is 10. The van der Waals surface area contributed by atoms with Crippen molar-refractivity contribution in [2.75, 3.05) is 5.33 Å². The molecule has 0 aliphatic heterocycles. The number of carbonyl (C=O) groups excluding carboxylic acids is 1. The molecule has 35 heavy (non-hydrogen) atoms. The van der Waals surface area contributed by atoms with E-state index < -0.39 is 11.9 Å². The Labute approximate surface area is 212 Å². The molecule has 186 valence electrons. The number of allylic oxidation sites excluding steroid dienone is 7. The summed E-state index contributed by atoms with van der Waals surface area (Å²) in [4.78, 5) is 16.7. The van der Waals surface area contributed by atoms with Crippen molar-refractivity contribution in [1.82, 2.24) is 20.1 Å². The molecule has 1 N–H and O–H groups in total. The number of aromatic nitrogens is 3. The molecule has 0 radical (unpaired) electrons. The van der Waals surface area contributed by atoms with Crippen LogP contribution in [0.2, 0.25) is 0 Å². The molecule has 2 aromatic rings. The van der Waals surface area contributed by atoms with Gasteiger partial charge in [-0.2, -0.15) is 18.3 Å². The lowest BCUT2D eigenvalue weighted by Crippen LogP contribution is -2.23. The van der Waals surface area contributed by atoms with Crippen LogP contribution in [-0.2, 0) is 11.0 Å². The van der Waals surface area contributed by atoms with Gasteiger partial charge in [0.15, 0.2) is 0 Å². The Bertz CT molecular complexity index is 1140. The summed E-state index contributed by atoms with van der Waals surface area (Å²) in [6.07, 6.45) is 8.59. The van der Waals surface area contributed by atoms with Crippen LogP contribution < -0.4 is 5.32 Å². The second-order valence-corrected chi connectivity index (χ2v) is 8.37. The summed E-state index contributed by atoms with van der Waals surface area (Å²) in [7, 11) is 0. The molecule has 0 aromatic carbocycles. The van der Waals surface area contributed by atoms with Crippen molar-refractivity contribution < 1.29 is 18.0 Å². The summed E-state index contributed by atoms with van der Waals surface area (Å²) < 4.78 is 42.6. The van der Waals surface area contributed by atoms with E-state index in [1.165, 1.54) is 6.20 Å². The number of hydrogen-bond donors (Lipinski definition) is 1. The number of carbonyl (C=O) groups is 1. The fourth-order valence-corrected chi connectivity index (χ4v) is 3.43. The minimum absolute atomic E-state index is 0.170. The van der Waals surface area contributed by atoms with Gasteiger partial charge in [0, 0.05) is 40.3 Å². The number of alkyl halides is 4. The first-order chi connectivity index (χ1) is 16.6. The lowest BCUT2D eigenvalue weighted by molar-refractivity contribution is -0.142. The molecule has 0 bridgehead atoms. The molecule has 0 spiro atoms. The smallest absolute Gasteiger partial charge is 0.326 e. The van der Waals surface area contributed by atoms with Crippen LogP contribution in [0.15, 0.2) is 84.9 Å². The fourth-order valence-electron chi connectivity index (χ4n) is 3.09. The van der Waals surface area contributed by atoms with Crippen LogP contribution in [0.1, 0.15) is 32.9 Å². The first-order valence-corrected chi connectivity index (χ1v) is 12.1. The first kappa shape index (κ1) is 28.0. The molecule has 0 aliphatic rings. The zero-order valence-electron chi connectivity index (χ0n) is 19.8. The first-order valence-electron chi connectivity index (χ1n) is 11.0. The maximum Gasteiger partial charge on any atom is 0.433 e. The predicted octanol–water partition coefficient (Wildman–Crippen LogP) is 6.93. The lowest BCUT2D eigenvalue weighted by Gasteiger charge is -2.16. The Morgan fingerprint density at radius 1 is 1.31 bits per heavy atom. The van der Waals surface area contributed by atoms with Crippen molar-refractivity contribution in [2.24, 2.45) is 5.92 Å². The van der Waals surface area contributed by atoms with E-state index in [-0.39, 0.29) is 17.5 Å². The van der Waals surface area contributed by atoms with Gasteiger partial charge in [-0.05, 0) is 48.8 Å². The molecule has 2 heterocycles. The van der Waals surface area contributed by atoms with E-state index in [9.17, 15) is 18.0 Å². The van der Waals surface area contributed by atoms with E-state index in [0.717, 1.165) is 10.7 Å². The normalized spacial score (nSPS) is 13.5. The second kappa shape index (κ2) is 13.0. The number of hydrogen-bond acceptors (Lipinski definition) is 3. The van der Waals surface area contributed by atoms with E-state index in [2.05, 4.69) is 37.9 Å². The predicted molar refractivity (Wildman–Crippen MR) is 137 cm³/mol. The zero-order chi connectivity index (χ0) is 26.0. The highest BCUT2D eigenvalue weighted by Gasteiger charge is 2.37. The highest BCUT2D eigenvalue weighted by Crippen LogP contribution is 2.35. The van der Waals surface area contributed by atoms with Crippen molar-refractivity contribution in [3.05, 3.63) is 90.6 Å². The standard InChI is InChI=1S/C26H28BrF3N4O/c1-5-7-9-19(13-14-27)25(35)32-21(6-2)11-12-23(18(3)4)34-24(26(28,29)30)16-22(33-34)20-10-8-15-31-17-20/h5,7-13,15-18H,1,6,14H2,2-4H3,(H,32,35)/b9-7-,19-13+,21-11+,23-12+. The van der Waals surface area contributed by atoms with Crippen molar-refractivity contribution in [1.29, 1.82) is 0 Å². The number of nitrogens with zero attached hydrogens (tertiary/aromatic N) is 3. The van der Waals surface area contributed by atoms with Gasteiger partial charge in [0.2, 0.25) is 0 Å². The number of amides is 1. The molecule has 2 aromatic heterocycles. The summed E-state index contributed by atoms with van der Waals surface area (Å²) in [5.74, 6) is -0.619. The molecule has 0 aliphatic carbocycles. The topological polar surface area (TPSA) is 59.8 Å². The summed E-state index contributed by atoms with van der Waals surface area (Å²) in [6.45, 7) is 9.01. The van der Waals surface area contributed by atoms with Crippen LogP contribution in [0.5, 0.6) is 0 Å². The van der Waals surface area contributed by atoms with Crippen LogP contribution in [0.3, 0.4) is 0 Å². The van der Waals surface area contributed by atoms with Crippen LogP contribution >= 0.6 is 15.9 Å². The minimum Gasteiger partial charge on any atom is -0.326 e. The molecule has 1 amide bonds. The third kappa shape index (κ3) is 7.92. The van der Waals surface area contributed by atoms with Gasteiger partial charge in [0.25, 0.3) is 5.91 Å². The Balaban J connectivity index is 2.50. The quantitative estimate of drug-likeness (QED) is 0.199. The van der Waals surface area contributed by atoms with Gasteiger partial charge in [-0.3, -0.25) is 9.78 Å². The molecule has 0 saturated heterocycles. The third-order valence-electron chi connectivity index (χ3n) is 4.87. The molecule has 0 fully saturated rings. The van der Waals surface area contributed by atoms with E-state index in [1.54, 1.807) is 68.6 Å². The number of pyridine rings is 1. The summed E-state index contributed by atoms with van der Waals surface area (Å²) in [6, 6.07) is 4.31. The van der Waals surface area contributed by atoms with Gasteiger partial charge in [-0.25, -0.2) is 4.68 Å². The average molecular weight is 549 g/mol. The zero-order valence-corrected chi connectivity index (χ0v) is 21.4. The van der Waals surface area contributed by atoms with E-state index >= 15 is 0 Å². The SMILES string of the molecule is C=C/C=C\C(=C/CBr)C(=O)N/C(=C/C=C(\C(C)C)n1nc(-c2cccnc2)cc1C(F)(F)F)CC. The Hall–Kier alpha value is -3.20. The van der Waals surface area contributed by atoms with Crippen LogP contribution in [0.4, 0.5) is 13.2 Å². The minimum atomic E-state index is -4.61. The summed E-state index contributed by atoms with van der Waals surface area (Å²) in [5.41, 5.74) is 1.08. The Kier molecular flexibility index (Phi) is 10.4. The maximum absolute atomic E-state index is 13.9. The molecular formula is C26H28BrF3N4O. The molecular weight excluding hydrogens is 521 g/mol. The monoisotopic (exact) mass is 548 g/mol. The molecule has 0 unspecified atom stereocenters. The molecule has 0 atom stereocenters. The van der Waals surface area contributed by atoms with E-state index in [0.29, 0.717) is 34.3 Å². The van der Waals surface area contributed by atoms with Gasteiger partial charge in [0.1, 0.15) is 5.69 Å². The van der Waals surface area contributed by atoms with E-state index in [4.69, 9.17) is 0 Å². The second-order valence-electron chi connectivity index (χ2n) is 7.72. The number of halogens is 4. The summed E-state index contributed by atoms with van der Waals surface area (Å²) >= 11 is 3.28. The van der Waals surface area contributed by atoms with Gasteiger partial charge in [-0.15, -0.1) is 0 Å². The summed E-state index contributed by atoms with van der Waals surface area (Å²) in [5, 5.41) is 7.57. The van der Waals surface area contributed by atoms with Crippen LogP contribution in [0.25, 0.3) is 17.0 Å².